The second-order valence-electron chi connectivity index (χ2n) is 6.92. The minimum Gasteiger partial charge on any atom is -0.380 e. The molecule has 1 amide bonds. The molecule has 4 N–H and O–H groups in total. The molecule has 0 aromatic heterocycles. The van der Waals surface area contributed by atoms with Crippen molar-refractivity contribution in [1.82, 2.24) is 10.6 Å². The van der Waals surface area contributed by atoms with Crippen LogP contribution >= 0.6 is 11.8 Å². The molecule has 0 aliphatic heterocycles. The Labute approximate surface area is 207 Å². The molecule has 200 valence electrons. The lowest BCUT2D eigenvalue weighted by atomic mass is 10.2. The largest absolute Gasteiger partial charge is 0.380 e. The van der Waals surface area contributed by atoms with E-state index in [0.29, 0.717) is 37.7 Å². The Morgan fingerprint density at radius 2 is 1.61 bits per heavy atom. The van der Waals surface area contributed by atoms with Crippen molar-refractivity contribution in [2.45, 2.75) is 79.5 Å². The fourth-order valence-corrected chi connectivity index (χ4v) is 2.90. The molecule has 2 atom stereocenters. The van der Waals surface area contributed by atoms with E-state index in [0.717, 1.165) is 26.2 Å². The smallest absolute Gasteiger partial charge is 0.233 e. The maximum absolute atomic E-state index is 11.9. The normalized spacial score (nSPS) is 11.5. The number of Topliss-reactive ketones (excluding diaryl/α,β-unsaturated/α-hetero) is 1. The van der Waals surface area contributed by atoms with Gasteiger partial charge in [0.05, 0.1) is 24.5 Å². The van der Waals surface area contributed by atoms with Crippen molar-refractivity contribution >= 4 is 29.7 Å². The monoisotopic (exact) mass is 495 g/mol. The first-order valence-corrected chi connectivity index (χ1v) is 13.2. The van der Waals surface area contributed by atoms with Crippen LogP contribution in [0.3, 0.4) is 0 Å². The molecular formula is C24H53N3O5S. The lowest BCUT2D eigenvalue weighted by Gasteiger charge is -2.16. The van der Waals surface area contributed by atoms with Crippen LogP contribution in [-0.2, 0) is 23.9 Å². The second-order valence-corrected chi connectivity index (χ2v) is 8.15. The van der Waals surface area contributed by atoms with Crippen molar-refractivity contribution in [3.63, 3.8) is 0 Å². The SMILES string of the molecule is CC.CC.CC(=O)C(N)CSC(CC=O)C(=O)NCCOCC(C)C.CCCOCCNC. The highest BCUT2D eigenvalue weighted by Crippen LogP contribution is 2.15. The molecule has 9 heteroatoms. The van der Waals surface area contributed by atoms with Crippen LogP contribution in [0, 0.1) is 5.92 Å². The lowest BCUT2D eigenvalue weighted by Crippen LogP contribution is -2.37. The Morgan fingerprint density at radius 1 is 1.03 bits per heavy atom. The molecule has 0 aromatic rings. The predicted molar refractivity (Wildman–Crippen MR) is 142 cm³/mol. The summed E-state index contributed by atoms with van der Waals surface area (Å²) in [5.41, 5.74) is 5.62. The minimum absolute atomic E-state index is 0.105. The summed E-state index contributed by atoms with van der Waals surface area (Å²) in [7, 11) is 1.93. The Hall–Kier alpha value is -1.00. The fraction of sp³-hybridized carbons (Fsp3) is 0.875. The number of nitrogens with two attached hydrogens (primary N) is 1. The van der Waals surface area contributed by atoms with Crippen LogP contribution < -0.4 is 16.4 Å². The fourth-order valence-electron chi connectivity index (χ4n) is 1.78. The molecule has 0 bridgehead atoms. The van der Waals surface area contributed by atoms with Crippen molar-refractivity contribution in [1.29, 1.82) is 0 Å². The molecule has 0 aliphatic rings. The zero-order chi connectivity index (χ0) is 26.5. The van der Waals surface area contributed by atoms with E-state index in [1.807, 2.05) is 48.6 Å². The van der Waals surface area contributed by atoms with E-state index >= 15 is 0 Å². The second kappa shape index (κ2) is 33.2. The van der Waals surface area contributed by atoms with Gasteiger partial charge in [0, 0.05) is 38.5 Å². The van der Waals surface area contributed by atoms with E-state index in [9.17, 15) is 14.4 Å². The number of rotatable bonds is 17. The number of carbonyl (C=O) groups excluding carboxylic acids is 3. The van der Waals surface area contributed by atoms with Crippen molar-refractivity contribution < 1.29 is 23.9 Å². The topological polar surface area (TPSA) is 120 Å². The van der Waals surface area contributed by atoms with Crippen molar-refractivity contribution in [2.24, 2.45) is 11.7 Å². The number of aldehydes is 1. The van der Waals surface area contributed by atoms with Crippen LogP contribution in [0.15, 0.2) is 0 Å². The van der Waals surface area contributed by atoms with Crippen molar-refractivity contribution in [3.8, 4) is 0 Å². The molecule has 0 heterocycles. The number of ketones is 1. The number of hydrogen-bond donors (Lipinski definition) is 3. The highest BCUT2D eigenvalue weighted by Gasteiger charge is 2.20. The van der Waals surface area contributed by atoms with Crippen molar-refractivity contribution in [2.75, 3.05) is 52.3 Å². The standard InChI is InChI=1S/C14H26N2O4S.C6H15NO.2C2H6/c1-10(2)8-20-7-5-16-14(19)13(4-6-17)21-9-12(15)11(3)18;1-3-5-8-6-4-7-2;2*1-2/h6,10,12-13H,4-5,7-9,15H2,1-3H3,(H,16,19);7H,3-6H2,1-2H3;2*1-2H3. The Morgan fingerprint density at radius 3 is 2.06 bits per heavy atom. The van der Waals surface area contributed by atoms with Gasteiger partial charge in [0.25, 0.3) is 0 Å². The first-order chi connectivity index (χ1) is 15.8. The zero-order valence-electron chi connectivity index (χ0n) is 22.7. The molecule has 0 aromatic carbocycles. The first-order valence-electron chi connectivity index (χ1n) is 12.2. The molecule has 0 spiro atoms. The van der Waals surface area contributed by atoms with E-state index in [4.69, 9.17) is 15.2 Å². The summed E-state index contributed by atoms with van der Waals surface area (Å²) in [4.78, 5) is 33.6. The van der Waals surface area contributed by atoms with Gasteiger partial charge in [-0.05, 0) is 26.3 Å². The third kappa shape index (κ3) is 33.3. The average Bonchev–Trinajstić information content (AvgIpc) is 2.81. The molecule has 0 saturated heterocycles. The Balaban J connectivity index is -0.000000292. The highest BCUT2D eigenvalue weighted by molar-refractivity contribution is 8.00. The molecule has 0 fully saturated rings. The van der Waals surface area contributed by atoms with Gasteiger partial charge in [0.2, 0.25) is 5.91 Å². The maximum Gasteiger partial charge on any atom is 0.233 e. The predicted octanol–water partition coefficient (Wildman–Crippen LogP) is 3.07. The van der Waals surface area contributed by atoms with E-state index in [1.54, 1.807) is 0 Å². The van der Waals surface area contributed by atoms with Gasteiger partial charge in [-0.1, -0.05) is 48.5 Å². The van der Waals surface area contributed by atoms with Crippen LogP contribution in [-0.4, -0.2) is 81.6 Å². The van der Waals surface area contributed by atoms with Gasteiger partial charge in [-0.25, -0.2) is 0 Å². The first kappa shape index (κ1) is 39.2. The molecule has 8 nitrogen and oxygen atoms in total. The zero-order valence-corrected chi connectivity index (χ0v) is 23.5. The number of carbonyl (C=O) groups is 3. The van der Waals surface area contributed by atoms with Crippen LogP contribution in [0.4, 0.5) is 0 Å². The number of ether oxygens (including phenoxy) is 2. The summed E-state index contributed by atoms with van der Waals surface area (Å²) >= 11 is 1.23. The van der Waals surface area contributed by atoms with E-state index < -0.39 is 11.3 Å². The molecule has 0 rings (SSSR count). The van der Waals surface area contributed by atoms with Gasteiger partial charge in [-0.15, -0.1) is 11.8 Å². The van der Waals surface area contributed by atoms with Gasteiger partial charge < -0.3 is 30.6 Å². The van der Waals surface area contributed by atoms with Crippen LogP contribution in [0.1, 0.15) is 68.2 Å². The van der Waals surface area contributed by atoms with Gasteiger partial charge in [0.1, 0.15) is 12.1 Å². The summed E-state index contributed by atoms with van der Waals surface area (Å²) < 4.78 is 10.5. The van der Waals surface area contributed by atoms with E-state index in [1.165, 1.54) is 18.7 Å². The summed E-state index contributed by atoms with van der Waals surface area (Å²) in [5, 5.41) is 5.21. The Bertz CT molecular complexity index is 421. The number of amides is 1. The molecule has 0 aliphatic carbocycles. The maximum atomic E-state index is 11.9. The quantitative estimate of drug-likeness (QED) is 0.208. The van der Waals surface area contributed by atoms with Crippen LogP contribution in [0.2, 0.25) is 0 Å². The van der Waals surface area contributed by atoms with Crippen LogP contribution in [0.25, 0.3) is 0 Å². The molecule has 0 saturated carbocycles. The number of thioether (sulfide) groups is 1. The summed E-state index contributed by atoms with van der Waals surface area (Å²) in [6.07, 6.45) is 1.92. The number of likely N-dealkylation sites (N-methyl/N-ethyl adjacent to an activating group) is 1. The molecule has 2 unspecified atom stereocenters. The molecule has 33 heavy (non-hydrogen) atoms. The van der Waals surface area contributed by atoms with Gasteiger partial charge in [-0.2, -0.15) is 0 Å². The minimum atomic E-state index is -0.605. The van der Waals surface area contributed by atoms with Gasteiger partial charge in [0.15, 0.2) is 0 Å². The van der Waals surface area contributed by atoms with Gasteiger partial charge in [-0.3, -0.25) is 9.59 Å². The third-order valence-electron chi connectivity index (χ3n) is 3.44. The van der Waals surface area contributed by atoms with E-state index in [2.05, 4.69) is 17.6 Å². The van der Waals surface area contributed by atoms with Gasteiger partial charge >= 0.3 is 0 Å². The average molecular weight is 496 g/mol. The van der Waals surface area contributed by atoms with Crippen LogP contribution in [0.5, 0.6) is 0 Å². The number of nitrogens with one attached hydrogen (secondary N) is 2. The Kier molecular flexibility index (Phi) is 39.4. The summed E-state index contributed by atoms with van der Waals surface area (Å²) in [5.74, 6) is 0.420. The number of hydrogen-bond acceptors (Lipinski definition) is 8. The van der Waals surface area contributed by atoms with Crippen molar-refractivity contribution in [3.05, 3.63) is 0 Å². The molecular weight excluding hydrogens is 442 g/mol. The summed E-state index contributed by atoms with van der Waals surface area (Å²) in [6, 6.07) is -0.605. The van der Waals surface area contributed by atoms with E-state index in [-0.39, 0.29) is 18.1 Å². The third-order valence-corrected chi connectivity index (χ3v) is 4.80. The highest BCUT2D eigenvalue weighted by atomic mass is 32.2. The summed E-state index contributed by atoms with van der Waals surface area (Å²) in [6.45, 7) is 19.8. The molecule has 0 radical (unpaired) electrons. The lowest BCUT2D eigenvalue weighted by molar-refractivity contribution is -0.122.